The van der Waals surface area contributed by atoms with Crippen molar-refractivity contribution in [1.82, 2.24) is 9.80 Å². The van der Waals surface area contributed by atoms with E-state index in [2.05, 4.69) is 5.32 Å². The monoisotopic (exact) mass is 533 g/mol. The molecule has 2 aromatic carbocycles. The Kier molecular flexibility index (Phi) is 8.32. The lowest BCUT2D eigenvalue weighted by Gasteiger charge is -2.38. The Labute approximate surface area is 220 Å². The first-order chi connectivity index (χ1) is 18.0. The number of hydrogen-bond donors (Lipinski definition) is 2. The van der Waals surface area contributed by atoms with Crippen LogP contribution in [0.1, 0.15) is 48.2 Å². The molecule has 0 unspecified atom stereocenters. The molecule has 2 N–H and O–H groups in total. The van der Waals surface area contributed by atoms with Crippen molar-refractivity contribution in [2.45, 2.75) is 51.6 Å². The molecule has 4 rings (SSSR count). The lowest BCUT2D eigenvalue weighted by Crippen LogP contribution is -2.49. The van der Waals surface area contributed by atoms with Crippen LogP contribution in [0.3, 0.4) is 0 Å². The first kappa shape index (κ1) is 27.9. The van der Waals surface area contributed by atoms with E-state index < -0.39 is 17.8 Å². The molecule has 1 aliphatic carbocycles. The second kappa shape index (κ2) is 11.3. The van der Waals surface area contributed by atoms with Crippen LogP contribution >= 0.6 is 0 Å². The van der Waals surface area contributed by atoms with Crippen LogP contribution < -0.4 is 10.1 Å². The van der Waals surface area contributed by atoms with Crippen LogP contribution in [0.4, 0.5) is 18.9 Å². The molecule has 10 heteroatoms. The molecule has 206 valence electrons. The number of likely N-dealkylation sites (N-methyl/N-ethyl adjacent to an activating group) is 1. The van der Waals surface area contributed by atoms with Crippen LogP contribution in [0.25, 0.3) is 0 Å². The maximum atomic E-state index is 13.5. The van der Waals surface area contributed by atoms with Gasteiger partial charge in [0.25, 0.3) is 5.91 Å². The summed E-state index contributed by atoms with van der Waals surface area (Å²) >= 11 is 0. The number of aliphatic hydroxyl groups is 1. The summed E-state index contributed by atoms with van der Waals surface area (Å²) in [5.74, 6) is -0.0617. The first-order valence-corrected chi connectivity index (χ1v) is 12.8. The molecule has 3 atom stereocenters. The zero-order valence-corrected chi connectivity index (χ0v) is 21.8. The van der Waals surface area contributed by atoms with Gasteiger partial charge in [-0.25, -0.2) is 0 Å². The average molecular weight is 534 g/mol. The number of alkyl halides is 3. The van der Waals surface area contributed by atoms with Gasteiger partial charge < -0.3 is 20.1 Å². The predicted octanol–water partition coefficient (Wildman–Crippen LogP) is 4.41. The number of ether oxygens (including phenoxy) is 1. The molecule has 2 amide bonds. The van der Waals surface area contributed by atoms with Gasteiger partial charge in [0.2, 0.25) is 5.91 Å². The smallest absolute Gasteiger partial charge is 0.416 e. The van der Waals surface area contributed by atoms with Crippen LogP contribution in [0.15, 0.2) is 42.5 Å². The van der Waals surface area contributed by atoms with Crippen LogP contribution in [-0.2, 0) is 17.5 Å². The van der Waals surface area contributed by atoms with Crippen molar-refractivity contribution in [2.75, 3.05) is 32.1 Å². The number of nitrogens with one attached hydrogen (secondary N) is 1. The van der Waals surface area contributed by atoms with Crippen molar-refractivity contribution in [3.63, 3.8) is 0 Å². The normalized spacial score (nSPS) is 20.8. The molecule has 0 saturated heterocycles. The van der Waals surface area contributed by atoms with Gasteiger partial charge in [-0.15, -0.1) is 0 Å². The molecular weight excluding hydrogens is 499 g/mol. The molecule has 2 aliphatic rings. The predicted molar refractivity (Wildman–Crippen MR) is 137 cm³/mol. The zero-order valence-electron chi connectivity index (χ0n) is 21.8. The number of nitrogens with zero attached hydrogens (tertiary/aromatic N) is 2. The van der Waals surface area contributed by atoms with Gasteiger partial charge in [-0.2, -0.15) is 13.2 Å². The average Bonchev–Trinajstić information content (AvgIpc) is 3.71. The maximum Gasteiger partial charge on any atom is 0.416 e. The van der Waals surface area contributed by atoms with Gasteiger partial charge in [0.15, 0.2) is 0 Å². The zero-order chi connectivity index (χ0) is 27.6. The fourth-order valence-corrected chi connectivity index (χ4v) is 4.59. The van der Waals surface area contributed by atoms with E-state index in [-0.39, 0.29) is 36.4 Å². The van der Waals surface area contributed by atoms with Crippen LogP contribution in [0.2, 0.25) is 0 Å². The summed E-state index contributed by atoms with van der Waals surface area (Å²) in [7, 11) is 1.86. The third-order valence-electron chi connectivity index (χ3n) is 7.11. The minimum Gasteiger partial charge on any atom is -0.488 e. The third-order valence-corrected chi connectivity index (χ3v) is 7.11. The summed E-state index contributed by atoms with van der Waals surface area (Å²) in [5.41, 5.74) is 0.870. The number of benzene rings is 2. The van der Waals surface area contributed by atoms with E-state index in [0.29, 0.717) is 36.6 Å². The van der Waals surface area contributed by atoms with E-state index in [1.54, 1.807) is 30.0 Å². The van der Waals surface area contributed by atoms with Crippen molar-refractivity contribution >= 4 is 17.5 Å². The Morgan fingerprint density at radius 1 is 1.21 bits per heavy atom. The fraction of sp³-hybridized carbons (Fsp3) is 0.500. The summed E-state index contributed by atoms with van der Waals surface area (Å²) in [6, 6.07) is 9.68. The third kappa shape index (κ3) is 6.66. The van der Waals surface area contributed by atoms with Crippen molar-refractivity contribution in [2.24, 2.45) is 11.8 Å². The lowest BCUT2D eigenvalue weighted by molar-refractivity contribution is -0.137. The minimum absolute atomic E-state index is 0.0142. The van der Waals surface area contributed by atoms with Crippen LogP contribution in [0, 0.1) is 11.8 Å². The van der Waals surface area contributed by atoms with Crippen molar-refractivity contribution in [3.05, 3.63) is 59.2 Å². The van der Waals surface area contributed by atoms with E-state index >= 15 is 0 Å². The van der Waals surface area contributed by atoms with E-state index in [1.807, 2.05) is 18.9 Å². The van der Waals surface area contributed by atoms with Crippen LogP contribution in [0.5, 0.6) is 5.75 Å². The molecule has 1 saturated carbocycles. The Bertz CT molecular complexity index is 1150. The highest BCUT2D eigenvalue weighted by atomic mass is 19.4. The second-order valence-electron chi connectivity index (χ2n) is 10.5. The first-order valence-electron chi connectivity index (χ1n) is 12.8. The van der Waals surface area contributed by atoms with Gasteiger partial charge in [-0.1, -0.05) is 19.1 Å². The quantitative estimate of drug-likeness (QED) is 0.526. The van der Waals surface area contributed by atoms with Crippen molar-refractivity contribution in [1.29, 1.82) is 0 Å². The van der Waals surface area contributed by atoms with Crippen LogP contribution in [-0.4, -0.2) is 65.6 Å². The van der Waals surface area contributed by atoms with Gasteiger partial charge in [0, 0.05) is 37.2 Å². The molecule has 2 aromatic rings. The lowest BCUT2D eigenvalue weighted by atomic mass is 9.99. The highest BCUT2D eigenvalue weighted by molar-refractivity contribution is 6.00. The number of amides is 2. The number of aliphatic hydroxyl groups excluding tert-OH is 1. The van der Waals surface area contributed by atoms with Gasteiger partial charge in [0.05, 0.1) is 23.8 Å². The van der Waals surface area contributed by atoms with E-state index in [9.17, 15) is 27.9 Å². The molecule has 0 bridgehead atoms. The summed E-state index contributed by atoms with van der Waals surface area (Å²) in [6.45, 7) is 4.76. The van der Waals surface area contributed by atoms with Crippen molar-refractivity contribution < 1.29 is 32.6 Å². The molecular formula is C28H34F3N3O4. The number of anilines is 1. The number of carbonyl (C=O) groups is 2. The number of hydrogen-bond acceptors (Lipinski definition) is 5. The number of rotatable bonds is 8. The molecule has 1 fully saturated rings. The molecule has 1 heterocycles. The summed E-state index contributed by atoms with van der Waals surface area (Å²) in [5, 5.41) is 12.7. The standard InChI is InChI=1S/C28H34F3N3O4/c1-17-13-34(18(2)16-35)27(37)23-12-22(32-26(36)20-6-7-20)10-11-24(23)38-25(17)15-33(3)14-19-4-8-21(9-5-19)28(29,30)31/h4-5,8-12,17-18,20,25,35H,6-7,13-16H2,1-3H3,(H,32,36)/t17-,18-,25-/m1/s1. The minimum atomic E-state index is -4.38. The molecule has 7 nitrogen and oxygen atoms in total. The Balaban J connectivity index is 1.54. The maximum absolute atomic E-state index is 13.5. The highest BCUT2D eigenvalue weighted by Crippen LogP contribution is 2.33. The Hall–Kier alpha value is -3.11. The largest absolute Gasteiger partial charge is 0.488 e. The van der Waals surface area contributed by atoms with E-state index in [0.717, 1.165) is 30.5 Å². The summed E-state index contributed by atoms with van der Waals surface area (Å²) in [6.07, 6.45) is -3.00. The van der Waals surface area contributed by atoms with Gasteiger partial charge >= 0.3 is 6.18 Å². The highest BCUT2D eigenvalue weighted by Gasteiger charge is 2.35. The number of fused-ring (bicyclic) bond motifs is 1. The number of halogens is 3. The van der Waals surface area contributed by atoms with Gasteiger partial charge in [-0.3, -0.25) is 14.5 Å². The molecule has 0 spiro atoms. The molecule has 38 heavy (non-hydrogen) atoms. The SMILES string of the molecule is C[C@@H]1CN([C@H](C)CO)C(=O)c2cc(NC(=O)C3CC3)ccc2O[C@@H]1CN(C)Cc1ccc(C(F)(F)F)cc1. The van der Waals surface area contributed by atoms with E-state index in [1.165, 1.54) is 12.1 Å². The van der Waals surface area contributed by atoms with E-state index in [4.69, 9.17) is 4.74 Å². The molecule has 1 aliphatic heterocycles. The van der Waals surface area contributed by atoms with Crippen molar-refractivity contribution in [3.8, 4) is 5.75 Å². The number of carbonyl (C=O) groups excluding carboxylic acids is 2. The summed E-state index contributed by atoms with van der Waals surface area (Å²) in [4.78, 5) is 29.4. The fourth-order valence-electron chi connectivity index (χ4n) is 4.59. The molecule has 0 radical (unpaired) electrons. The van der Waals surface area contributed by atoms with Gasteiger partial charge in [-0.05, 0) is 62.7 Å². The summed E-state index contributed by atoms with van der Waals surface area (Å²) < 4.78 is 45.1. The van der Waals surface area contributed by atoms with Gasteiger partial charge in [0.1, 0.15) is 11.9 Å². The Morgan fingerprint density at radius 3 is 2.50 bits per heavy atom. The Morgan fingerprint density at radius 2 is 1.89 bits per heavy atom. The topological polar surface area (TPSA) is 82.1 Å². The second-order valence-corrected chi connectivity index (χ2v) is 10.5. The molecule has 0 aromatic heterocycles.